The Morgan fingerprint density at radius 3 is 2.35 bits per heavy atom. The zero-order valence-corrected chi connectivity index (χ0v) is 16.3. The number of aryl methyl sites for hydroxylation is 1. The largest absolute Gasteiger partial charge is 0.293 e. The lowest BCUT2D eigenvalue weighted by Gasteiger charge is -2.29. The number of fused-ring (bicyclic) bond motifs is 1. The molecule has 0 spiro atoms. The van der Waals surface area contributed by atoms with Crippen LogP contribution in [0.25, 0.3) is 0 Å². The van der Waals surface area contributed by atoms with Gasteiger partial charge in [-0.25, -0.2) is 0 Å². The summed E-state index contributed by atoms with van der Waals surface area (Å²) in [5.74, 6) is 0.197. The van der Waals surface area contributed by atoms with Crippen LogP contribution in [0.15, 0.2) is 45.3 Å². The average molecular weight is 437 g/mol. The van der Waals surface area contributed by atoms with Crippen molar-refractivity contribution < 1.29 is 4.79 Å². The fraction of sp³-hybridized carbons (Fsp3) is 0.316. The molecule has 1 aliphatic rings. The van der Waals surface area contributed by atoms with Crippen molar-refractivity contribution in [2.75, 3.05) is 13.1 Å². The smallest absolute Gasteiger partial charge is 0.176 e. The Morgan fingerprint density at radius 2 is 1.70 bits per heavy atom. The van der Waals surface area contributed by atoms with Gasteiger partial charge in [0.25, 0.3) is 0 Å². The molecule has 0 atom stereocenters. The Kier molecular flexibility index (Phi) is 5.34. The number of carbonyl (C=O) groups excluding carboxylic acids is 1. The highest BCUT2D eigenvalue weighted by Gasteiger charge is 2.22. The molecule has 0 fully saturated rings. The first-order chi connectivity index (χ1) is 11.1. The molecule has 2 aromatic rings. The quantitative estimate of drug-likeness (QED) is 0.627. The molecule has 23 heavy (non-hydrogen) atoms. The number of hydrogen-bond acceptors (Lipinski definition) is 2. The summed E-state index contributed by atoms with van der Waals surface area (Å²) in [6.45, 7) is 4.33. The van der Waals surface area contributed by atoms with Gasteiger partial charge in [-0.2, -0.15) is 0 Å². The van der Waals surface area contributed by atoms with Crippen molar-refractivity contribution in [2.45, 2.75) is 26.3 Å². The van der Waals surface area contributed by atoms with E-state index in [0.29, 0.717) is 6.54 Å². The fourth-order valence-electron chi connectivity index (χ4n) is 3.01. The summed E-state index contributed by atoms with van der Waals surface area (Å²) in [7, 11) is 0. The Balaban J connectivity index is 1.71. The van der Waals surface area contributed by atoms with Gasteiger partial charge in [0.05, 0.1) is 6.54 Å². The molecule has 0 saturated carbocycles. The van der Waals surface area contributed by atoms with E-state index < -0.39 is 0 Å². The van der Waals surface area contributed by atoms with Crippen LogP contribution >= 0.6 is 31.9 Å². The monoisotopic (exact) mass is 435 g/mol. The Hall–Kier alpha value is -0.970. The molecule has 0 saturated heterocycles. The molecular formula is C19H19Br2NO. The molecule has 0 N–H and O–H groups in total. The van der Waals surface area contributed by atoms with Crippen LogP contribution in [-0.2, 0) is 19.4 Å². The van der Waals surface area contributed by atoms with Crippen molar-refractivity contribution in [3.63, 3.8) is 0 Å². The van der Waals surface area contributed by atoms with E-state index in [0.717, 1.165) is 40.4 Å². The molecule has 0 aromatic heterocycles. The van der Waals surface area contributed by atoms with Crippen LogP contribution in [0.4, 0.5) is 0 Å². The van der Waals surface area contributed by atoms with Crippen molar-refractivity contribution in [3.05, 3.63) is 67.6 Å². The van der Waals surface area contributed by atoms with Crippen LogP contribution in [0.5, 0.6) is 0 Å². The van der Waals surface area contributed by atoms with Gasteiger partial charge in [0.15, 0.2) is 5.78 Å². The molecule has 0 bridgehead atoms. The van der Waals surface area contributed by atoms with Crippen molar-refractivity contribution in [3.8, 4) is 0 Å². The minimum atomic E-state index is 0.197. The molecule has 0 aliphatic carbocycles. The zero-order valence-electron chi connectivity index (χ0n) is 13.1. The van der Waals surface area contributed by atoms with E-state index in [1.165, 1.54) is 16.7 Å². The van der Waals surface area contributed by atoms with Crippen LogP contribution in [0.3, 0.4) is 0 Å². The van der Waals surface area contributed by atoms with Gasteiger partial charge >= 0.3 is 0 Å². The second-order valence-electron chi connectivity index (χ2n) is 5.92. The van der Waals surface area contributed by atoms with Crippen molar-refractivity contribution in [2.24, 2.45) is 0 Å². The molecule has 0 unspecified atom stereocenters. The summed E-state index contributed by atoms with van der Waals surface area (Å²) in [6, 6.07) is 12.1. The average Bonchev–Trinajstić information content (AvgIpc) is 2.58. The lowest BCUT2D eigenvalue weighted by atomic mass is 9.99. The lowest BCUT2D eigenvalue weighted by molar-refractivity contribution is 0.0921. The van der Waals surface area contributed by atoms with Gasteiger partial charge in [-0.15, -0.1) is 0 Å². The van der Waals surface area contributed by atoms with Crippen molar-refractivity contribution in [1.82, 2.24) is 4.90 Å². The third-order valence-corrected chi connectivity index (χ3v) is 5.91. The third kappa shape index (κ3) is 3.76. The van der Waals surface area contributed by atoms with Crippen LogP contribution < -0.4 is 0 Å². The van der Waals surface area contributed by atoms with Gasteiger partial charge in [0, 0.05) is 27.6 Å². The van der Waals surface area contributed by atoms with E-state index in [1.54, 1.807) is 0 Å². The predicted octanol–water partition coefficient (Wildman–Crippen LogP) is 5.02. The molecule has 4 heteroatoms. The van der Waals surface area contributed by atoms with E-state index in [9.17, 15) is 4.79 Å². The molecule has 120 valence electrons. The number of rotatable bonds is 4. The molecule has 0 radical (unpaired) electrons. The summed E-state index contributed by atoms with van der Waals surface area (Å²) in [5.41, 5.74) is 4.72. The molecule has 2 nitrogen and oxygen atoms in total. The van der Waals surface area contributed by atoms with E-state index in [2.05, 4.69) is 55.8 Å². The number of ketones is 1. The van der Waals surface area contributed by atoms with Crippen LogP contribution in [0, 0.1) is 0 Å². The minimum absolute atomic E-state index is 0.197. The first-order valence-corrected chi connectivity index (χ1v) is 9.47. The summed E-state index contributed by atoms with van der Waals surface area (Å²) < 4.78 is 2.29. The Morgan fingerprint density at radius 1 is 1.04 bits per heavy atom. The highest BCUT2D eigenvalue weighted by Crippen LogP contribution is 2.32. The first kappa shape index (κ1) is 16.9. The fourth-order valence-corrected chi connectivity index (χ4v) is 4.07. The number of halogens is 2. The van der Waals surface area contributed by atoms with Gasteiger partial charge in [-0.3, -0.25) is 9.69 Å². The minimum Gasteiger partial charge on any atom is -0.293 e. The van der Waals surface area contributed by atoms with E-state index in [1.807, 2.05) is 24.3 Å². The normalized spacial score (nSPS) is 14.6. The third-order valence-electron chi connectivity index (χ3n) is 4.43. The number of hydrogen-bond donors (Lipinski definition) is 0. The molecular weight excluding hydrogens is 418 g/mol. The maximum atomic E-state index is 12.5. The number of benzene rings is 2. The van der Waals surface area contributed by atoms with Crippen LogP contribution in [0.2, 0.25) is 0 Å². The number of carbonyl (C=O) groups is 1. The second-order valence-corrected chi connectivity index (χ2v) is 7.63. The topological polar surface area (TPSA) is 20.3 Å². The van der Waals surface area contributed by atoms with Gasteiger partial charge in [-0.05, 0) is 41.7 Å². The second kappa shape index (κ2) is 7.29. The van der Waals surface area contributed by atoms with E-state index >= 15 is 0 Å². The molecule has 0 amide bonds. The number of nitrogens with zero attached hydrogens (tertiary/aromatic N) is 1. The highest BCUT2D eigenvalue weighted by atomic mass is 79.9. The van der Waals surface area contributed by atoms with E-state index in [4.69, 9.17) is 0 Å². The summed E-state index contributed by atoms with van der Waals surface area (Å²) in [4.78, 5) is 14.7. The first-order valence-electron chi connectivity index (χ1n) is 7.88. The van der Waals surface area contributed by atoms with Gasteiger partial charge in [0.2, 0.25) is 0 Å². The molecule has 1 aliphatic heterocycles. The van der Waals surface area contributed by atoms with Crippen molar-refractivity contribution >= 4 is 37.6 Å². The van der Waals surface area contributed by atoms with Gasteiger partial charge in [-0.1, -0.05) is 63.0 Å². The Bertz CT molecular complexity index is 725. The zero-order chi connectivity index (χ0) is 16.4. The SMILES string of the molecule is CCc1ccc(C(=O)CN2CCc3c(Br)ccc(Br)c3C2)cc1. The Labute approximate surface area is 154 Å². The van der Waals surface area contributed by atoms with Gasteiger partial charge in [0.1, 0.15) is 0 Å². The predicted molar refractivity (Wildman–Crippen MR) is 101 cm³/mol. The van der Waals surface area contributed by atoms with Crippen molar-refractivity contribution in [1.29, 1.82) is 0 Å². The molecule has 3 rings (SSSR count). The summed E-state index contributed by atoms with van der Waals surface area (Å²) in [5, 5.41) is 0. The van der Waals surface area contributed by atoms with Crippen LogP contribution in [0.1, 0.15) is 34.0 Å². The standard InChI is InChI=1S/C19H19Br2NO/c1-2-13-3-5-14(6-4-13)19(23)12-22-10-9-15-16(11-22)18(21)8-7-17(15)20/h3-8H,2,9-12H2,1H3. The van der Waals surface area contributed by atoms with Crippen LogP contribution in [-0.4, -0.2) is 23.8 Å². The maximum absolute atomic E-state index is 12.5. The molecule has 1 heterocycles. The lowest BCUT2D eigenvalue weighted by Crippen LogP contribution is -2.35. The summed E-state index contributed by atoms with van der Waals surface area (Å²) in [6.07, 6.45) is 1.97. The highest BCUT2D eigenvalue weighted by molar-refractivity contribution is 9.11. The summed E-state index contributed by atoms with van der Waals surface area (Å²) >= 11 is 7.27. The number of Topliss-reactive ketones (excluding diaryl/α,β-unsaturated/α-hetero) is 1. The van der Waals surface area contributed by atoms with Gasteiger partial charge < -0.3 is 0 Å². The van der Waals surface area contributed by atoms with E-state index in [-0.39, 0.29) is 5.78 Å². The maximum Gasteiger partial charge on any atom is 0.176 e. The molecule has 2 aromatic carbocycles.